The van der Waals surface area contributed by atoms with Gasteiger partial charge < -0.3 is 5.32 Å². The number of carbonyl (C=O) groups excluding carboxylic acids is 1. The first-order valence-electron chi connectivity index (χ1n) is 6.76. The fourth-order valence-electron chi connectivity index (χ4n) is 1.83. The highest BCUT2D eigenvalue weighted by Crippen LogP contribution is 2.26. The second-order valence-corrected chi connectivity index (χ2v) is 7.60. The first-order valence-corrected chi connectivity index (χ1v) is 9.04. The minimum Gasteiger partial charge on any atom is -0.318 e. The van der Waals surface area contributed by atoms with Crippen molar-refractivity contribution >= 4 is 43.2 Å². The van der Waals surface area contributed by atoms with Crippen molar-refractivity contribution in [3.8, 4) is 0 Å². The van der Waals surface area contributed by atoms with E-state index in [1.54, 1.807) is 23.5 Å². The largest absolute Gasteiger partial charge is 0.471 e. The van der Waals surface area contributed by atoms with Crippen LogP contribution in [0.4, 0.5) is 24.5 Å². The number of aryl methyl sites for hydroxylation is 1. The molecule has 0 atom stereocenters. The number of amides is 1. The Hall–Kier alpha value is -2.07. The van der Waals surface area contributed by atoms with Crippen LogP contribution in [0.2, 0.25) is 0 Å². The maximum Gasteiger partial charge on any atom is 0.471 e. The Balaban J connectivity index is 2.19. The number of hydrogen-bond acceptors (Lipinski definition) is 3. The molecular formula is C15H12BrF3N2O3S. The van der Waals surface area contributed by atoms with Crippen molar-refractivity contribution in [2.45, 2.75) is 18.0 Å². The average molecular weight is 437 g/mol. The molecule has 0 bridgehead atoms. The second-order valence-electron chi connectivity index (χ2n) is 5.07. The number of rotatable bonds is 4. The minimum absolute atomic E-state index is 0.162. The van der Waals surface area contributed by atoms with E-state index < -0.39 is 22.1 Å². The molecule has 5 nitrogen and oxygen atoms in total. The highest BCUT2D eigenvalue weighted by Gasteiger charge is 2.38. The van der Waals surface area contributed by atoms with E-state index in [9.17, 15) is 26.4 Å². The first kappa shape index (κ1) is 19.3. The quantitative estimate of drug-likeness (QED) is 0.758. The van der Waals surface area contributed by atoms with Gasteiger partial charge in [-0.1, -0.05) is 6.07 Å². The summed E-state index contributed by atoms with van der Waals surface area (Å²) in [7, 11) is -3.94. The van der Waals surface area contributed by atoms with Crippen LogP contribution in [0, 0.1) is 6.92 Å². The zero-order valence-electron chi connectivity index (χ0n) is 12.7. The van der Waals surface area contributed by atoms with Crippen molar-refractivity contribution in [3.63, 3.8) is 0 Å². The summed E-state index contributed by atoms with van der Waals surface area (Å²) in [6, 6.07) is 9.36. The molecule has 2 aromatic carbocycles. The molecule has 2 aromatic rings. The smallest absolute Gasteiger partial charge is 0.318 e. The van der Waals surface area contributed by atoms with Gasteiger partial charge in [0.15, 0.2) is 0 Å². The Morgan fingerprint density at radius 1 is 1.08 bits per heavy atom. The Morgan fingerprint density at radius 3 is 2.20 bits per heavy atom. The summed E-state index contributed by atoms with van der Waals surface area (Å²) in [6.45, 7) is 1.84. The lowest BCUT2D eigenvalue weighted by molar-refractivity contribution is -0.167. The van der Waals surface area contributed by atoms with Crippen molar-refractivity contribution in [3.05, 3.63) is 52.5 Å². The summed E-state index contributed by atoms with van der Waals surface area (Å²) < 4.78 is 64.2. The number of carbonyl (C=O) groups is 1. The van der Waals surface area contributed by atoms with Gasteiger partial charge in [-0.2, -0.15) is 13.2 Å². The van der Waals surface area contributed by atoms with Crippen molar-refractivity contribution < 1.29 is 26.4 Å². The molecule has 0 unspecified atom stereocenters. The lowest BCUT2D eigenvalue weighted by atomic mass is 10.2. The van der Waals surface area contributed by atoms with Crippen LogP contribution in [-0.4, -0.2) is 20.5 Å². The monoisotopic (exact) mass is 436 g/mol. The Bertz CT molecular complexity index is 897. The summed E-state index contributed by atoms with van der Waals surface area (Å²) in [5, 5.41) is 1.64. The van der Waals surface area contributed by atoms with Gasteiger partial charge in [-0.05, 0) is 64.8 Å². The van der Waals surface area contributed by atoms with E-state index in [0.717, 1.165) is 29.8 Å². The molecule has 10 heteroatoms. The average Bonchev–Trinajstić information content (AvgIpc) is 2.49. The maximum absolute atomic E-state index is 12.3. The summed E-state index contributed by atoms with van der Waals surface area (Å²) in [5.41, 5.74) is 1.08. The van der Waals surface area contributed by atoms with Crippen LogP contribution in [0.1, 0.15) is 5.56 Å². The van der Waals surface area contributed by atoms with Crippen LogP contribution in [-0.2, 0) is 14.8 Å². The third-order valence-corrected chi connectivity index (χ3v) is 5.09. The number of halogens is 4. The number of nitrogens with one attached hydrogen (secondary N) is 2. The molecule has 0 saturated carbocycles. The molecule has 134 valence electrons. The van der Waals surface area contributed by atoms with Gasteiger partial charge in [0.1, 0.15) is 0 Å². The fourth-order valence-corrected chi connectivity index (χ4v) is 3.63. The molecule has 0 heterocycles. The lowest BCUT2D eigenvalue weighted by Crippen LogP contribution is -2.29. The summed E-state index contributed by atoms with van der Waals surface area (Å²) >= 11 is 3.25. The molecular weight excluding hydrogens is 425 g/mol. The zero-order chi connectivity index (χ0) is 18.8. The van der Waals surface area contributed by atoms with E-state index in [1.165, 1.54) is 0 Å². The molecule has 2 rings (SSSR count). The van der Waals surface area contributed by atoms with Gasteiger partial charge in [0, 0.05) is 10.2 Å². The number of hydrogen-bond donors (Lipinski definition) is 2. The van der Waals surface area contributed by atoms with E-state index in [1.807, 2.05) is 6.92 Å². The maximum atomic E-state index is 12.3. The van der Waals surface area contributed by atoms with E-state index in [2.05, 4.69) is 20.7 Å². The third-order valence-electron chi connectivity index (χ3n) is 3.05. The molecule has 0 aliphatic rings. The molecule has 0 saturated heterocycles. The first-order chi connectivity index (χ1) is 11.5. The van der Waals surface area contributed by atoms with Crippen molar-refractivity contribution in [1.29, 1.82) is 0 Å². The molecule has 1 amide bonds. The lowest BCUT2D eigenvalue weighted by Gasteiger charge is -2.11. The molecule has 0 fully saturated rings. The van der Waals surface area contributed by atoms with Gasteiger partial charge in [0.05, 0.1) is 10.6 Å². The third kappa shape index (κ3) is 4.95. The predicted octanol–water partition coefficient (Wildman–Crippen LogP) is 4.06. The van der Waals surface area contributed by atoms with E-state index in [0.29, 0.717) is 10.2 Å². The molecule has 2 N–H and O–H groups in total. The standard InChI is InChI=1S/C15H12BrF3N2O3S/c1-9-2-7-13(12(16)8-9)21-25(23,24)11-5-3-10(4-6-11)20-14(22)15(17,18)19/h2-8,21H,1H3,(H,20,22). The van der Waals surface area contributed by atoms with Gasteiger partial charge >= 0.3 is 12.1 Å². The Kier molecular flexibility index (Phi) is 5.43. The van der Waals surface area contributed by atoms with Gasteiger partial charge in [0.25, 0.3) is 10.0 Å². The molecule has 0 radical (unpaired) electrons. The van der Waals surface area contributed by atoms with Crippen molar-refractivity contribution in [2.24, 2.45) is 0 Å². The van der Waals surface area contributed by atoms with Crippen molar-refractivity contribution in [2.75, 3.05) is 10.0 Å². The van der Waals surface area contributed by atoms with Crippen LogP contribution in [0.5, 0.6) is 0 Å². The Labute approximate surface area is 150 Å². The van der Waals surface area contributed by atoms with Crippen LogP contribution in [0.25, 0.3) is 0 Å². The molecule has 0 spiro atoms. The SMILES string of the molecule is Cc1ccc(NS(=O)(=O)c2ccc(NC(=O)C(F)(F)F)cc2)c(Br)c1. The van der Waals surface area contributed by atoms with Gasteiger partial charge in [0.2, 0.25) is 0 Å². The normalized spacial score (nSPS) is 11.9. The fraction of sp³-hybridized carbons (Fsp3) is 0.133. The van der Waals surface area contributed by atoms with E-state index >= 15 is 0 Å². The van der Waals surface area contributed by atoms with Crippen LogP contribution >= 0.6 is 15.9 Å². The number of alkyl halides is 3. The second kappa shape index (κ2) is 7.04. The van der Waals surface area contributed by atoms with E-state index in [-0.39, 0.29) is 10.6 Å². The predicted molar refractivity (Wildman–Crippen MR) is 90.8 cm³/mol. The van der Waals surface area contributed by atoms with Gasteiger partial charge in [-0.25, -0.2) is 8.42 Å². The minimum atomic E-state index is -5.02. The number of anilines is 2. The van der Waals surface area contributed by atoms with Gasteiger partial charge in [-0.15, -0.1) is 0 Å². The topological polar surface area (TPSA) is 75.3 Å². The molecule has 0 aromatic heterocycles. The Morgan fingerprint density at radius 2 is 1.68 bits per heavy atom. The zero-order valence-corrected chi connectivity index (χ0v) is 15.1. The van der Waals surface area contributed by atoms with E-state index in [4.69, 9.17) is 0 Å². The summed E-state index contributed by atoms with van der Waals surface area (Å²) in [5.74, 6) is -2.13. The van der Waals surface area contributed by atoms with Crippen LogP contribution in [0.15, 0.2) is 51.8 Å². The molecule has 0 aliphatic carbocycles. The summed E-state index contributed by atoms with van der Waals surface area (Å²) in [6.07, 6.45) is -5.02. The van der Waals surface area contributed by atoms with Gasteiger partial charge in [-0.3, -0.25) is 9.52 Å². The number of benzene rings is 2. The van der Waals surface area contributed by atoms with Crippen LogP contribution in [0.3, 0.4) is 0 Å². The molecule has 25 heavy (non-hydrogen) atoms. The highest BCUT2D eigenvalue weighted by molar-refractivity contribution is 9.10. The number of sulfonamides is 1. The van der Waals surface area contributed by atoms with Crippen molar-refractivity contribution in [1.82, 2.24) is 0 Å². The molecule has 0 aliphatic heterocycles. The highest BCUT2D eigenvalue weighted by atomic mass is 79.9. The summed E-state index contributed by atoms with van der Waals surface area (Å²) in [4.78, 5) is 10.7. The van der Waals surface area contributed by atoms with Crippen LogP contribution < -0.4 is 10.0 Å².